The fourth-order valence-corrected chi connectivity index (χ4v) is 3.75. The van der Waals surface area contributed by atoms with Gasteiger partial charge in [-0.1, -0.05) is 13.8 Å². The van der Waals surface area contributed by atoms with E-state index in [2.05, 4.69) is 31.5 Å². The van der Waals surface area contributed by atoms with E-state index in [1.165, 1.54) is 31.1 Å². The van der Waals surface area contributed by atoms with Gasteiger partial charge in [-0.25, -0.2) is 0 Å². The van der Waals surface area contributed by atoms with E-state index < -0.39 is 27.1 Å². The molecule has 0 saturated heterocycles. The Morgan fingerprint density at radius 2 is 1.61 bits per heavy atom. The maximum atomic E-state index is 12.2. The van der Waals surface area contributed by atoms with Gasteiger partial charge in [-0.3, -0.25) is 34.6 Å². The predicted octanol–water partition coefficient (Wildman–Crippen LogP) is 5.41. The molecule has 0 aliphatic carbocycles. The van der Waals surface area contributed by atoms with E-state index >= 15 is 0 Å². The Bertz CT molecular complexity index is 1300. The van der Waals surface area contributed by atoms with Crippen molar-refractivity contribution in [1.29, 1.82) is 0 Å². The van der Waals surface area contributed by atoms with E-state index in [1.807, 2.05) is 0 Å². The molecule has 38 heavy (non-hydrogen) atoms. The lowest BCUT2D eigenvalue weighted by Gasteiger charge is -2.26. The van der Waals surface area contributed by atoms with Crippen LogP contribution in [0, 0.1) is 20.2 Å². The van der Waals surface area contributed by atoms with Crippen molar-refractivity contribution >= 4 is 67.5 Å². The van der Waals surface area contributed by atoms with Crippen molar-refractivity contribution in [3.63, 3.8) is 0 Å². The minimum atomic E-state index is -0.835. The van der Waals surface area contributed by atoms with Gasteiger partial charge in [0, 0.05) is 31.9 Å². The molecular weight excluding hydrogens is 568 g/mol. The molecule has 202 valence electrons. The molecule has 15 heteroatoms. The highest BCUT2D eigenvalue weighted by Crippen LogP contribution is 2.43. The number of rotatable bonds is 13. The highest BCUT2D eigenvalue weighted by Gasteiger charge is 2.24. The fraction of sp³-hybridized carbons (Fsp3) is 0.348. The number of ketones is 2. The van der Waals surface area contributed by atoms with Gasteiger partial charge in [-0.2, -0.15) is 0 Å². The summed E-state index contributed by atoms with van der Waals surface area (Å²) in [6.45, 7) is 4.48. The Morgan fingerprint density at radius 3 is 2.08 bits per heavy atom. The topological polar surface area (TPSA) is 187 Å². The van der Waals surface area contributed by atoms with Gasteiger partial charge in [0.25, 0.3) is 5.69 Å². The number of hydrogen-bond acceptors (Lipinski definition) is 11. The summed E-state index contributed by atoms with van der Waals surface area (Å²) in [6, 6.07) is 4.65. The smallest absolute Gasteiger partial charge is 0.304 e. The first-order valence-corrected chi connectivity index (χ1v) is 12.0. The molecule has 0 saturated carbocycles. The average Bonchev–Trinajstić information content (AvgIpc) is 2.86. The Kier molecular flexibility index (Phi) is 10.5. The lowest BCUT2D eigenvalue weighted by molar-refractivity contribution is -0.393. The molecule has 0 radical (unpaired) electrons. The van der Waals surface area contributed by atoms with Crippen LogP contribution in [0.4, 0.5) is 34.1 Å². The highest BCUT2D eigenvalue weighted by molar-refractivity contribution is 9.10. The maximum absolute atomic E-state index is 12.2. The minimum absolute atomic E-state index is 0.0314. The quantitative estimate of drug-likeness (QED) is 0.180. The van der Waals surface area contributed by atoms with Gasteiger partial charge in [0.1, 0.15) is 11.4 Å². The number of nitrogens with one attached hydrogen (secondary N) is 1. The van der Waals surface area contributed by atoms with Crippen LogP contribution in [0.2, 0.25) is 0 Å². The molecule has 0 spiro atoms. The van der Waals surface area contributed by atoms with Crippen LogP contribution in [-0.4, -0.2) is 47.5 Å². The second-order valence-corrected chi connectivity index (χ2v) is 8.73. The van der Waals surface area contributed by atoms with E-state index in [4.69, 9.17) is 4.74 Å². The standard InChI is InChI=1S/C23H25BrN6O8/c1-5-15(32)11-28(12-16(33)6-2)20-9-18(25-13(3)31)19(10-22(20)38-4)26-27-23-17(24)7-14(29(34)35)8-21(23)30(36)37/h7-10H,5-6,11-12H2,1-4H3,(H,25,31). The first-order chi connectivity index (χ1) is 17.9. The molecule has 1 amide bonds. The molecule has 2 aromatic carbocycles. The summed E-state index contributed by atoms with van der Waals surface area (Å²) in [5.74, 6) is -0.536. The Balaban J connectivity index is 2.70. The molecule has 0 aromatic heterocycles. The summed E-state index contributed by atoms with van der Waals surface area (Å²) >= 11 is 3.06. The predicted molar refractivity (Wildman–Crippen MR) is 142 cm³/mol. The Morgan fingerprint density at radius 1 is 1.00 bits per heavy atom. The van der Waals surface area contributed by atoms with E-state index in [1.54, 1.807) is 13.8 Å². The number of hydrogen-bond donors (Lipinski definition) is 1. The van der Waals surface area contributed by atoms with Crippen molar-refractivity contribution in [2.75, 3.05) is 30.4 Å². The van der Waals surface area contributed by atoms with Gasteiger partial charge in [-0.15, -0.1) is 10.2 Å². The number of azo groups is 1. The summed E-state index contributed by atoms with van der Waals surface area (Å²) in [5.41, 5.74) is -0.986. The van der Waals surface area contributed by atoms with Crippen LogP contribution in [0.15, 0.2) is 39.0 Å². The van der Waals surface area contributed by atoms with Crippen LogP contribution in [0.1, 0.15) is 33.6 Å². The number of Topliss-reactive ketones (excluding diaryl/α,β-unsaturated/α-hetero) is 2. The van der Waals surface area contributed by atoms with E-state index in [0.29, 0.717) is 5.69 Å². The lowest BCUT2D eigenvalue weighted by Crippen LogP contribution is -2.34. The molecule has 0 atom stereocenters. The summed E-state index contributed by atoms with van der Waals surface area (Å²) in [4.78, 5) is 59.0. The minimum Gasteiger partial charge on any atom is -0.494 e. The highest BCUT2D eigenvalue weighted by atomic mass is 79.9. The van der Waals surface area contributed by atoms with Crippen LogP contribution in [-0.2, 0) is 14.4 Å². The molecule has 2 aromatic rings. The van der Waals surface area contributed by atoms with Gasteiger partial charge in [0.05, 0.1) is 52.0 Å². The molecule has 0 aliphatic rings. The molecule has 14 nitrogen and oxygen atoms in total. The fourth-order valence-electron chi connectivity index (χ4n) is 3.23. The number of nitro groups is 2. The van der Waals surface area contributed by atoms with Crippen LogP contribution in [0.3, 0.4) is 0 Å². The molecule has 0 heterocycles. The number of nitrogens with zero attached hydrogens (tertiary/aromatic N) is 5. The summed E-state index contributed by atoms with van der Waals surface area (Å²) < 4.78 is 5.42. The summed E-state index contributed by atoms with van der Waals surface area (Å²) in [6.07, 6.45) is 0.486. The number of ether oxygens (including phenoxy) is 1. The van der Waals surface area contributed by atoms with Gasteiger partial charge < -0.3 is 15.0 Å². The second kappa shape index (κ2) is 13.3. The maximum Gasteiger partial charge on any atom is 0.304 e. The number of methoxy groups -OCH3 is 1. The van der Waals surface area contributed by atoms with Crippen LogP contribution in [0.5, 0.6) is 5.75 Å². The molecular formula is C23H25BrN6O8. The summed E-state index contributed by atoms with van der Waals surface area (Å²) in [5, 5.41) is 33.2. The number of benzene rings is 2. The number of nitro benzene ring substituents is 2. The van der Waals surface area contributed by atoms with Gasteiger partial charge in [0.15, 0.2) is 17.3 Å². The zero-order valence-corrected chi connectivity index (χ0v) is 22.6. The SMILES string of the molecule is CCC(=O)CN(CC(=O)CC)c1cc(NC(C)=O)c(N=Nc2c(Br)cc([N+](=O)[O-])cc2[N+](=O)[O-])cc1OC. The number of amides is 1. The van der Waals surface area contributed by atoms with Gasteiger partial charge in [-0.05, 0) is 22.0 Å². The van der Waals surface area contributed by atoms with E-state index in [-0.39, 0.29) is 64.8 Å². The molecule has 1 N–H and O–H groups in total. The largest absolute Gasteiger partial charge is 0.494 e. The summed E-state index contributed by atoms with van der Waals surface area (Å²) in [7, 11) is 1.36. The first-order valence-electron chi connectivity index (χ1n) is 11.2. The van der Waals surface area contributed by atoms with Crippen molar-refractivity contribution in [3.8, 4) is 5.75 Å². The van der Waals surface area contributed by atoms with Gasteiger partial charge >= 0.3 is 5.69 Å². The van der Waals surface area contributed by atoms with Crippen molar-refractivity contribution in [2.45, 2.75) is 33.6 Å². The first kappa shape index (κ1) is 30.0. The number of carbonyl (C=O) groups is 3. The third-order valence-corrected chi connectivity index (χ3v) is 5.77. The molecule has 0 fully saturated rings. The molecule has 2 rings (SSSR count). The van der Waals surface area contributed by atoms with Crippen molar-refractivity contribution < 1.29 is 29.0 Å². The average molecular weight is 593 g/mol. The Hall–Kier alpha value is -4.27. The normalized spacial score (nSPS) is 10.8. The van der Waals surface area contributed by atoms with Crippen molar-refractivity contribution in [1.82, 2.24) is 0 Å². The van der Waals surface area contributed by atoms with E-state index in [9.17, 15) is 34.6 Å². The number of halogens is 1. The molecule has 0 aliphatic heterocycles. The van der Waals surface area contributed by atoms with Crippen LogP contribution < -0.4 is 15.0 Å². The third kappa shape index (κ3) is 7.61. The molecule has 0 unspecified atom stereocenters. The number of non-ortho nitro benzene ring substituents is 1. The number of carbonyl (C=O) groups excluding carboxylic acids is 3. The lowest BCUT2D eigenvalue weighted by atomic mass is 10.1. The third-order valence-electron chi connectivity index (χ3n) is 5.16. The zero-order chi connectivity index (χ0) is 28.6. The number of anilines is 2. The van der Waals surface area contributed by atoms with Crippen LogP contribution >= 0.6 is 15.9 Å². The molecule has 0 bridgehead atoms. The van der Waals surface area contributed by atoms with E-state index in [0.717, 1.165) is 12.1 Å². The van der Waals surface area contributed by atoms with Crippen molar-refractivity contribution in [3.05, 3.63) is 49.0 Å². The van der Waals surface area contributed by atoms with Gasteiger partial charge in [0.2, 0.25) is 5.91 Å². The van der Waals surface area contributed by atoms with Crippen LogP contribution in [0.25, 0.3) is 0 Å². The zero-order valence-electron chi connectivity index (χ0n) is 21.0. The second-order valence-electron chi connectivity index (χ2n) is 7.87. The Labute approximate surface area is 225 Å². The monoisotopic (exact) mass is 592 g/mol. The van der Waals surface area contributed by atoms with Crippen molar-refractivity contribution in [2.24, 2.45) is 10.2 Å².